The molecule has 0 saturated carbocycles. The maximum absolute atomic E-state index is 5.78. The number of halogens is 1. The van der Waals surface area contributed by atoms with Crippen LogP contribution >= 0.6 is 12.4 Å². The molecule has 1 aromatic rings. The number of nitrogens with one attached hydrogen (secondary N) is 1. The second kappa shape index (κ2) is 9.36. The van der Waals surface area contributed by atoms with Gasteiger partial charge in [0.25, 0.3) is 0 Å². The van der Waals surface area contributed by atoms with Gasteiger partial charge in [-0.3, -0.25) is 4.90 Å². The second-order valence-electron chi connectivity index (χ2n) is 6.40. The van der Waals surface area contributed by atoms with Crippen LogP contribution in [0.3, 0.4) is 0 Å². The number of hydrogen-bond acceptors (Lipinski definition) is 4. The molecule has 0 spiro atoms. The van der Waals surface area contributed by atoms with Gasteiger partial charge in [-0.15, -0.1) is 12.4 Å². The van der Waals surface area contributed by atoms with Crippen molar-refractivity contribution >= 4 is 18.1 Å². The van der Waals surface area contributed by atoms with Crippen LogP contribution in [0.25, 0.3) is 0 Å². The first-order valence-electron chi connectivity index (χ1n) is 8.76. The molecule has 3 rings (SSSR count). The largest absolute Gasteiger partial charge is 0.492 e. The van der Waals surface area contributed by atoms with Crippen molar-refractivity contribution in [2.75, 3.05) is 57.3 Å². The van der Waals surface area contributed by atoms with Gasteiger partial charge in [-0.1, -0.05) is 12.1 Å². The molecule has 1 atom stereocenters. The average molecular weight is 340 g/mol. The summed E-state index contributed by atoms with van der Waals surface area (Å²) in [4.78, 5) is 5.11. The van der Waals surface area contributed by atoms with Crippen molar-refractivity contribution in [3.05, 3.63) is 24.3 Å². The molecule has 130 valence electrons. The van der Waals surface area contributed by atoms with Crippen molar-refractivity contribution in [2.45, 2.75) is 19.8 Å². The fourth-order valence-electron chi connectivity index (χ4n) is 3.61. The number of para-hydroxylation sites is 2. The van der Waals surface area contributed by atoms with Gasteiger partial charge in [0.2, 0.25) is 0 Å². The monoisotopic (exact) mass is 339 g/mol. The van der Waals surface area contributed by atoms with E-state index in [-0.39, 0.29) is 12.4 Å². The minimum Gasteiger partial charge on any atom is -0.492 e. The molecule has 2 heterocycles. The van der Waals surface area contributed by atoms with Crippen LogP contribution in [0, 0.1) is 5.92 Å². The number of hydrogen-bond donors (Lipinski definition) is 1. The minimum atomic E-state index is 0. The maximum Gasteiger partial charge on any atom is 0.142 e. The van der Waals surface area contributed by atoms with E-state index in [0.717, 1.165) is 44.5 Å². The molecule has 2 aliphatic rings. The molecule has 4 nitrogen and oxygen atoms in total. The number of benzene rings is 1. The van der Waals surface area contributed by atoms with Gasteiger partial charge in [0.1, 0.15) is 5.75 Å². The summed E-state index contributed by atoms with van der Waals surface area (Å²) in [6.45, 7) is 11.0. The van der Waals surface area contributed by atoms with Gasteiger partial charge in [0.15, 0.2) is 0 Å². The summed E-state index contributed by atoms with van der Waals surface area (Å²) in [5, 5.41) is 3.53. The van der Waals surface area contributed by atoms with Crippen molar-refractivity contribution in [1.82, 2.24) is 10.2 Å². The van der Waals surface area contributed by atoms with Crippen LogP contribution in [0.2, 0.25) is 0 Å². The molecular weight excluding hydrogens is 310 g/mol. The molecule has 1 N–H and O–H groups in total. The molecule has 2 saturated heterocycles. The van der Waals surface area contributed by atoms with Gasteiger partial charge in [-0.2, -0.15) is 0 Å². The van der Waals surface area contributed by atoms with E-state index in [1.165, 1.54) is 38.2 Å². The van der Waals surface area contributed by atoms with Crippen LogP contribution in [0.4, 0.5) is 5.69 Å². The average Bonchev–Trinajstić information content (AvgIpc) is 2.58. The maximum atomic E-state index is 5.78. The third-order valence-corrected chi connectivity index (χ3v) is 4.79. The first kappa shape index (κ1) is 18.4. The fourth-order valence-corrected chi connectivity index (χ4v) is 3.61. The molecule has 0 bridgehead atoms. The lowest BCUT2D eigenvalue weighted by atomic mass is 9.99. The zero-order chi connectivity index (χ0) is 15.2. The summed E-state index contributed by atoms with van der Waals surface area (Å²) in [5.74, 6) is 1.87. The lowest BCUT2D eigenvalue weighted by molar-refractivity contribution is 0.198. The molecule has 1 aromatic carbocycles. The summed E-state index contributed by atoms with van der Waals surface area (Å²) < 4.78 is 5.78. The van der Waals surface area contributed by atoms with E-state index in [1.807, 2.05) is 6.92 Å². The number of nitrogens with zero attached hydrogens (tertiary/aromatic N) is 2. The third-order valence-electron chi connectivity index (χ3n) is 4.79. The van der Waals surface area contributed by atoms with Crippen molar-refractivity contribution in [3.63, 3.8) is 0 Å². The first-order valence-corrected chi connectivity index (χ1v) is 8.76. The Morgan fingerprint density at radius 1 is 1.17 bits per heavy atom. The highest BCUT2D eigenvalue weighted by Gasteiger charge is 2.22. The van der Waals surface area contributed by atoms with Gasteiger partial charge in [0, 0.05) is 32.7 Å². The first-order chi connectivity index (χ1) is 10.9. The van der Waals surface area contributed by atoms with E-state index < -0.39 is 0 Å². The third kappa shape index (κ3) is 5.00. The Hall–Kier alpha value is -0.970. The van der Waals surface area contributed by atoms with E-state index in [1.54, 1.807) is 0 Å². The number of piperidine rings is 1. The van der Waals surface area contributed by atoms with Gasteiger partial charge in [0.05, 0.1) is 12.3 Å². The van der Waals surface area contributed by atoms with E-state index in [2.05, 4.69) is 39.4 Å². The number of ether oxygens (including phenoxy) is 1. The number of piperazine rings is 1. The van der Waals surface area contributed by atoms with Crippen LogP contribution < -0.4 is 15.0 Å². The second-order valence-corrected chi connectivity index (χ2v) is 6.40. The molecule has 23 heavy (non-hydrogen) atoms. The van der Waals surface area contributed by atoms with E-state index in [0.29, 0.717) is 0 Å². The van der Waals surface area contributed by atoms with Crippen molar-refractivity contribution in [1.29, 1.82) is 0 Å². The molecule has 0 aromatic heterocycles. The molecule has 2 fully saturated rings. The summed E-state index contributed by atoms with van der Waals surface area (Å²) in [6.07, 6.45) is 2.73. The Labute approximate surface area is 146 Å². The Kier molecular flexibility index (Phi) is 7.47. The highest BCUT2D eigenvalue weighted by Crippen LogP contribution is 2.29. The highest BCUT2D eigenvalue weighted by molar-refractivity contribution is 5.85. The molecule has 0 amide bonds. The van der Waals surface area contributed by atoms with Crippen LogP contribution in [0.15, 0.2) is 24.3 Å². The molecule has 5 heteroatoms. The van der Waals surface area contributed by atoms with E-state index >= 15 is 0 Å². The normalized spacial score (nSPS) is 22.5. The molecule has 2 aliphatic heterocycles. The fraction of sp³-hybridized carbons (Fsp3) is 0.667. The smallest absolute Gasteiger partial charge is 0.142 e. The summed E-state index contributed by atoms with van der Waals surface area (Å²) in [6, 6.07) is 8.43. The quantitative estimate of drug-likeness (QED) is 0.892. The van der Waals surface area contributed by atoms with E-state index in [9.17, 15) is 0 Å². The molecular formula is C18H30ClN3O. The zero-order valence-corrected chi connectivity index (χ0v) is 15.0. The SMILES string of the molecule is CCOc1ccccc1N1CCN(CC2CCCNC2)CC1.Cl. The molecule has 0 radical (unpaired) electrons. The zero-order valence-electron chi connectivity index (χ0n) is 14.2. The van der Waals surface area contributed by atoms with Gasteiger partial charge in [-0.25, -0.2) is 0 Å². The number of rotatable bonds is 5. The Bertz CT molecular complexity index is 457. The summed E-state index contributed by atoms with van der Waals surface area (Å²) in [5.41, 5.74) is 1.25. The van der Waals surface area contributed by atoms with Crippen LogP contribution in [-0.4, -0.2) is 57.3 Å². The van der Waals surface area contributed by atoms with Crippen LogP contribution in [0.5, 0.6) is 5.75 Å². The summed E-state index contributed by atoms with van der Waals surface area (Å²) >= 11 is 0. The van der Waals surface area contributed by atoms with Crippen LogP contribution in [-0.2, 0) is 0 Å². The minimum absolute atomic E-state index is 0. The molecule has 0 aliphatic carbocycles. The molecule has 1 unspecified atom stereocenters. The summed E-state index contributed by atoms with van der Waals surface area (Å²) in [7, 11) is 0. The predicted octanol–water partition coefficient (Wildman–Crippen LogP) is 2.63. The van der Waals surface area contributed by atoms with Gasteiger partial charge in [-0.05, 0) is 50.9 Å². The standard InChI is InChI=1S/C18H29N3O.ClH/c1-2-22-18-8-4-3-7-17(18)21-12-10-20(11-13-21)15-16-6-5-9-19-14-16;/h3-4,7-8,16,19H,2,5-6,9-15H2,1H3;1H. The number of anilines is 1. The Balaban J connectivity index is 0.00000192. The van der Waals surface area contributed by atoms with Gasteiger partial charge < -0.3 is 15.0 Å². The van der Waals surface area contributed by atoms with Crippen molar-refractivity contribution < 1.29 is 4.74 Å². The van der Waals surface area contributed by atoms with Crippen molar-refractivity contribution in [3.8, 4) is 5.75 Å². The lowest BCUT2D eigenvalue weighted by Gasteiger charge is -2.38. The van der Waals surface area contributed by atoms with Crippen LogP contribution in [0.1, 0.15) is 19.8 Å². The highest BCUT2D eigenvalue weighted by atomic mass is 35.5. The van der Waals surface area contributed by atoms with Gasteiger partial charge >= 0.3 is 0 Å². The van der Waals surface area contributed by atoms with Crippen molar-refractivity contribution in [2.24, 2.45) is 5.92 Å². The Morgan fingerprint density at radius 2 is 1.96 bits per heavy atom. The topological polar surface area (TPSA) is 27.7 Å². The van der Waals surface area contributed by atoms with E-state index in [4.69, 9.17) is 4.74 Å². The lowest BCUT2D eigenvalue weighted by Crippen LogP contribution is -2.49. The predicted molar refractivity (Wildman–Crippen MR) is 99.1 cm³/mol. The Morgan fingerprint density at radius 3 is 2.65 bits per heavy atom.